The van der Waals surface area contributed by atoms with Gasteiger partial charge in [0.15, 0.2) is 12.4 Å². The number of hydrogen-bond acceptors (Lipinski definition) is 3. The van der Waals surface area contributed by atoms with Crippen LogP contribution in [0.5, 0.6) is 0 Å². The summed E-state index contributed by atoms with van der Waals surface area (Å²) in [4.78, 5) is 23.4. The molecule has 0 fully saturated rings. The third kappa shape index (κ3) is 4.72. The molecule has 0 saturated carbocycles. The zero-order valence-corrected chi connectivity index (χ0v) is 13.0. The molecular formula is C17H12Cl2O3. The van der Waals surface area contributed by atoms with Crippen molar-refractivity contribution in [3.63, 3.8) is 0 Å². The van der Waals surface area contributed by atoms with Gasteiger partial charge < -0.3 is 4.74 Å². The second-order valence-corrected chi connectivity index (χ2v) is 5.24. The highest BCUT2D eigenvalue weighted by Crippen LogP contribution is 2.16. The summed E-state index contributed by atoms with van der Waals surface area (Å²) in [6.45, 7) is -0.326. The minimum atomic E-state index is -0.609. The van der Waals surface area contributed by atoms with E-state index < -0.39 is 5.97 Å². The lowest BCUT2D eigenvalue weighted by Crippen LogP contribution is -2.12. The molecule has 2 aromatic rings. The summed E-state index contributed by atoms with van der Waals surface area (Å²) in [5, 5.41) is 1.07. The SMILES string of the molecule is O=C(C=Cc1ccccc1Cl)OCC(=O)c1ccc(Cl)cc1. The Morgan fingerprint density at radius 3 is 2.36 bits per heavy atom. The molecule has 0 unspecified atom stereocenters. The zero-order chi connectivity index (χ0) is 15.9. The predicted molar refractivity (Wildman–Crippen MR) is 87.2 cm³/mol. The fraction of sp³-hybridized carbons (Fsp3) is 0.0588. The average molecular weight is 335 g/mol. The van der Waals surface area contributed by atoms with Crippen LogP contribution in [0.15, 0.2) is 54.6 Å². The number of rotatable bonds is 5. The third-order valence-electron chi connectivity index (χ3n) is 2.82. The van der Waals surface area contributed by atoms with Crippen LogP contribution in [0.25, 0.3) is 6.08 Å². The van der Waals surface area contributed by atoms with Crippen molar-refractivity contribution in [1.82, 2.24) is 0 Å². The van der Waals surface area contributed by atoms with Crippen molar-refractivity contribution in [3.8, 4) is 0 Å². The number of esters is 1. The van der Waals surface area contributed by atoms with Gasteiger partial charge >= 0.3 is 5.97 Å². The quantitative estimate of drug-likeness (QED) is 0.461. The van der Waals surface area contributed by atoms with E-state index in [-0.39, 0.29) is 12.4 Å². The van der Waals surface area contributed by atoms with Crippen LogP contribution in [0.3, 0.4) is 0 Å². The number of halogens is 2. The molecule has 22 heavy (non-hydrogen) atoms. The smallest absolute Gasteiger partial charge is 0.331 e. The Hall–Kier alpha value is -2.10. The second kappa shape index (κ2) is 7.78. The molecule has 0 amide bonds. The highest BCUT2D eigenvalue weighted by atomic mass is 35.5. The van der Waals surface area contributed by atoms with Crippen molar-refractivity contribution in [2.45, 2.75) is 0 Å². The van der Waals surface area contributed by atoms with Crippen LogP contribution in [0, 0.1) is 0 Å². The number of benzene rings is 2. The molecule has 0 N–H and O–H groups in total. The highest BCUT2D eigenvalue weighted by Gasteiger charge is 2.08. The summed E-state index contributed by atoms with van der Waals surface area (Å²) in [6, 6.07) is 13.5. The van der Waals surface area contributed by atoms with E-state index in [4.69, 9.17) is 27.9 Å². The Morgan fingerprint density at radius 2 is 1.68 bits per heavy atom. The summed E-state index contributed by atoms with van der Waals surface area (Å²) in [5.41, 5.74) is 1.14. The van der Waals surface area contributed by atoms with Gasteiger partial charge in [0.05, 0.1) is 0 Å². The maximum Gasteiger partial charge on any atom is 0.331 e. The Bertz CT molecular complexity index is 706. The van der Waals surface area contributed by atoms with Gasteiger partial charge in [0.1, 0.15) is 0 Å². The number of hydrogen-bond donors (Lipinski definition) is 0. The molecule has 0 bridgehead atoms. The fourth-order valence-corrected chi connectivity index (χ4v) is 2.00. The summed E-state index contributed by atoms with van der Waals surface area (Å²) in [5.74, 6) is -0.904. The van der Waals surface area contributed by atoms with E-state index >= 15 is 0 Å². The van der Waals surface area contributed by atoms with Gasteiger partial charge in [-0.3, -0.25) is 4.79 Å². The maximum atomic E-state index is 11.8. The van der Waals surface area contributed by atoms with Crippen molar-refractivity contribution in [1.29, 1.82) is 0 Å². The van der Waals surface area contributed by atoms with Crippen LogP contribution in [-0.2, 0) is 9.53 Å². The van der Waals surface area contributed by atoms with Crippen molar-refractivity contribution in [2.24, 2.45) is 0 Å². The third-order valence-corrected chi connectivity index (χ3v) is 3.41. The maximum absolute atomic E-state index is 11.8. The van der Waals surface area contributed by atoms with E-state index in [0.717, 1.165) is 0 Å². The Balaban J connectivity index is 1.89. The number of ketones is 1. The summed E-state index contributed by atoms with van der Waals surface area (Å²) in [7, 11) is 0. The van der Waals surface area contributed by atoms with Crippen LogP contribution in [0.4, 0.5) is 0 Å². The number of Topliss-reactive ketones (excluding diaryl/α,β-unsaturated/α-hetero) is 1. The lowest BCUT2D eigenvalue weighted by atomic mass is 10.1. The number of carbonyl (C=O) groups is 2. The molecule has 0 spiro atoms. The highest BCUT2D eigenvalue weighted by molar-refractivity contribution is 6.32. The molecule has 0 aromatic heterocycles. The first-order valence-electron chi connectivity index (χ1n) is 6.44. The molecule has 2 aromatic carbocycles. The predicted octanol–water partition coefficient (Wildman–Crippen LogP) is 4.43. The largest absolute Gasteiger partial charge is 0.454 e. The van der Waals surface area contributed by atoms with Crippen LogP contribution in [0.2, 0.25) is 10.0 Å². The van der Waals surface area contributed by atoms with Gasteiger partial charge in [-0.2, -0.15) is 0 Å². The van der Waals surface area contributed by atoms with Crippen LogP contribution in [0.1, 0.15) is 15.9 Å². The Labute approximate surface area is 138 Å². The second-order valence-electron chi connectivity index (χ2n) is 4.39. The molecule has 0 heterocycles. The molecule has 0 saturated heterocycles. The molecule has 5 heteroatoms. The van der Waals surface area contributed by atoms with Gasteiger partial charge in [0.25, 0.3) is 0 Å². The Morgan fingerprint density at radius 1 is 1.00 bits per heavy atom. The van der Waals surface area contributed by atoms with Crippen molar-refractivity contribution < 1.29 is 14.3 Å². The molecule has 0 atom stereocenters. The van der Waals surface area contributed by atoms with Gasteiger partial charge in [-0.1, -0.05) is 41.4 Å². The lowest BCUT2D eigenvalue weighted by Gasteiger charge is -2.02. The average Bonchev–Trinajstić information content (AvgIpc) is 2.52. The van der Waals surface area contributed by atoms with E-state index in [2.05, 4.69) is 0 Å². The van der Waals surface area contributed by atoms with Gasteiger partial charge in [-0.25, -0.2) is 4.79 Å². The van der Waals surface area contributed by atoms with E-state index in [1.807, 2.05) is 0 Å². The summed E-state index contributed by atoms with van der Waals surface area (Å²) >= 11 is 11.7. The standard InChI is InChI=1S/C17H12Cl2O3/c18-14-8-5-13(6-9-14)16(20)11-22-17(21)10-7-12-3-1-2-4-15(12)19/h1-10H,11H2. The van der Waals surface area contributed by atoms with Gasteiger partial charge in [-0.15, -0.1) is 0 Å². The van der Waals surface area contributed by atoms with E-state index in [1.54, 1.807) is 48.5 Å². The molecule has 3 nitrogen and oxygen atoms in total. The molecule has 0 aliphatic rings. The first kappa shape index (κ1) is 16.3. The van der Waals surface area contributed by atoms with Gasteiger partial charge in [0, 0.05) is 21.7 Å². The van der Waals surface area contributed by atoms with Crippen LogP contribution < -0.4 is 0 Å². The van der Waals surface area contributed by atoms with E-state index in [9.17, 15) is 9.59 Å². The Kier molecular flexibility index (Phi) is 5.75. The first-order valence-corrected chi connectivity index (χ1v) is 7.20. The molecule has 0 aliphatic carbocycles. The minimum Gasteiger partial charge on any atom is -0.454 e. The molecule has 112 valence electrons. The zero-order valence-electron chi connectivity index (χ0n) is 11.5. The lowest BCUT2D eigenvalue weighted by molar-refractivity contribution is -0.136. The summed E-state index contributed by atoms with van der Waals surface area (Å²) < 4.78 is 4.90. The molecule has 2 rings (SSSR count). The van der Waals surface area contributed by atoms with Crippen molar-refractivity contribution in [2.75, 3.05) is 6.61 Å². The minimum absolute atomic E-state index is 0.295. The first-order chi connectivity index (χ1) is 10.6. The number of carbonyl (C=O) groups excluding carboxylic acids is 2. The van der Waals surface area contributed by atoms with Crippen molar-refractivity contribution in [3.05, 3.63) is 75.8 Å². The van der Waals surface area contributed by atoms with Crippen LogP contribution in [-0.4, -0.2) is 18.4 Å². The summed E-state index contributed by atoms with van der Waals surface area (Å²) in [6.07, 6.45) is 2.77. The molecule has 0 aliphatic heterocycles. The topological polar surface area (TPSA) is 43.4 Å². The van der Waals surface area contributed by atoms with E-state index in [1.165, 1.54) is 12.2 Å². The van der Waals surface area contributed by atoms with Gasteiger partial charge in [-0.05, 0) is 42.0 Å². The normalized spacial score (nSPS) is 10.6. The van der Waals surface area contributed by atoms with E-state index in [0.29, 0.717) is 21.2 Å². The van der Waals surface area contributed by atoms with Gasteiger partial charge in [0.2, 0.25) is 0 Å². The molecular weight excluding hydrogens is 323 g/mol. The monoisotopic (exact) mass is 334 g/mol. The fourth-order valence-electron chi connectivity index (χ4n) is 1.67. The molecule has 0 radical (unpaired) electrons. The number of ether oxygens (including phenoxy) is 1. The van der Waals surface area contributed by atoms with Crippen molar-refractivity contribution >= 4 is 41.0 Å². The van der Waals surface area contributed by atoms with Crippen LogP contribution >= 0.6 is 23.2 Å².